The lowest BCUT2D eigenvalue weighted by atomic mass is 9.91. The van der Waals surface area contributed by atoms with Crippen LogP contribution >= 0.6 is 7.80 Å². The maximum atomic E-state index is 13.8. The van der Waals surface area contributed by atoms with E-state index in [-0.39, 0.29) is 39.6 Å². The molecule has 9 heteroatoms. The van der Waals surface area contributed by atoms with Gasteiger partial charge in [-0.1, -0.05) is 30.3 Å². The first kappa shape index (κ1) is 26.7. The average molecular weight is 511 g/mol. The van der Waals surface area contributed by atoms with Crippen LogP contribution in [-0.2, 0) is 4.57 Å². The van der Waals surface area contributed by atoms with E-state index in [2.05, 4.69) is 0 Å². The Kier molecular flexibility index (Phi) is 8.33. The van der Waals surface area contributed by atoms with Crippen molar-refractivity contribution in [1.29, 1.82) is 0 Å². The van der Waals surface area contributed by atoms with Crippen molar-refractivity contribution in [1.82, 2.24) is 0 Å². The monoisotopic (exact) mass is 511 g/mol. The lowest BCUT2D eigenvalue weighted by molar-refractivity contribution is 0.103. The van der Waals surface area contributed by atoms with E-state index in [1.807, 2.05) is 6.07 Å². The van der Waals surface area contributed by atoms with E-state index in [0.717, 1.165) is 0 Å². The van der Waals surface area contributed by atoms with E-state index >= 15 is 0 Å². The molecule has 0 amide bonds. The topological polar surface area (TPSA) is 97.4 Å². The van der Waals surface area contributed by atoms with Crippen molar-refractivity contribution in [2.45, 2.75) is 13.8 Å². The number of benzene rings is 3. The molecule has 0 spiro atoms. The van der Waals surface area contributed by atoms with Gasteiger partial charge in [0.05, 0.1) is 35.5 Å². The molecule has 0 saturated heterocycles. The van der Waals surface area contributed by atoms with Crippen molar-refractivity contribution in [3.63, 3.8) is 0 Å². The fourth-order valence-electron chi connectivity index (χ4n) is 4.16. The minimum absolute atomic E-state index is 0.0272. The lowest BCUT2D eigenvalue weighted by Gasteiger charge is -2.21. The van der Waals surface area contributed by atoms with Crippen molar-refractivity contribution >= 4 is 24.4 Å². The highest BCUT2D eigenvalue weighted by Crippen LogP contribution is 2.46. The Morgan fingerprint density at radius 3 is 1.61 bits per heavy atom. The van der Waals surface area contributed by atoms with Gasteiger partial charge in [-0.05, 0) is 13.8 Å². The summed E-state index contributed by atoms with van der Waals surface area (Å²) in [4.78, 5) is 27.2. The number of carbonyl (C=O) groups is 2. The van der Waals surface area contributed by atoms with Crippen LogP contribution in [-0.4, -0.2) is 46.9 Å². The summed E-state index contributed by atoms with van der Waals surface area (Å²) in [5.74, 6) is 0.719. The Labute approximate surface area is 210 Å². The molecular formula is C27H28O8P. The first-order valence-electron chi connectivity index (χ1n) is 10.9. The van der Waals surface area contributed by atoms with Crippen molar-refractivity contribution in [2.75, 3.05) is 35.5 Å². The highest BCUT2D eigenvalue weighted by molar-refractivity contribution is 7.72. The van der Waals surface area contributed by atoms with Crippen LogP contribution in [0.25, 0.3) is 0 Å². The molecule has 0 bridgehead atoms. The van der Waals surface area contributed by atoms with Gasteiger partial charge in [0.2, 0.25) is 0 Å². The summed E-state index contributed by atoms with van der Waals surface area (Å²) in [6.45, 7) is 3.36. The van der Waals surface area contributed by atoms with E-state index in [1.165, 1.54) is 47.7 Å². The van der Waals surface area contributed by atoms with Crippen molar-refractivity contribution in [3.05, 3.63) is 70.3 Å². The molecular weight excluding hydrogens is 483 g/mol. The summed E-state index contributed by atoms with van der Waals surface area (Å²) >= 11 is 0. The minimum Gasteiger partial charge on any atom is -0.496 e. The van der Waals surface area contributed by atoms with Gasteiger partial charge in [0.1, 0.15) is 39.6 Å². The zero-order chi connectivity index (χ0) is 26.6. The van der Waals surface area contributed by atoms with Crippen LogP contribution in [0.1, 0.15) is 37.4 Å². The first-order chi connectivity index (χ1) is 17.2. The van der Waals surface area contributed by atoms with Crippen LogP contribution in [0.15, 0.2) is 42.5 Å². The summed E-state index contributed by atoms with van der Waals surface area (Å²) in [6.07, 6.45) is 0. The van der Waals surface area contributed by atoms with E-state index < -0.39 is 13.3 Å². The van der Waals surface area contributed by atoms with Gasteiger partial charge in [-0.2, -0.15) is 0 Å². The Hall–Kier alpha value is -3.90. The number of rotatable bonds is 10. The van der Waals surface area contributed by atoms with Crippen LogP contribution in [0.5, 0.6) is 28.7 Å². The zero-order valence-corrected chi connectivity index (χ0v) is 22.1. The molecule has 0 N–H and O–H groups in total. The molecule has 0 heterocycles. The Bertz CT molecular complexity index is 1280. The zero-order valence-electron chi connectivity index (χ0n) is 21.3. The molecule has 3 rings (SSSR count). The van der Waals surface area contributed by atoms with Gasteiger partial charge in [-0.25, -0.2) is 0 Å². The molecule has 0 fully saturated rings. The van der Waals surface area contributed by atoms with E-state index in [4.69, 9.17) is 23.7 Å². The predicted octanol–water partition coefficient (Wildman–Crippen LogP) is 4.87. The molecule has 3 aromatic rings. The molecule has 1 radical (unpaired) electrons. The third kappa shape index (κ3) is 4.64. The van der Waals surface area contributed by atoms with Gasteiger partial charge in [-0.15, -0.1) is 0 Å². The molecule has 0 aromatic heterocycles. The molecule has 0 aliphatic rings. The maximum Gasteiger partial charge on any atom is 0.254 e. The molecule has 0 aliphatic carbocycles. The molecule has 0 aliphatic heterocycles. The lowest BCUT2D eigenvalue weighted by Crippen LogP contribution is -2.16. The van der Waals surface area contributed by atoms with Gasteiger partial charge in [-0.3, -0.25) is 14.2 Å². The number of ketones is 1. The largest absolute Gasteiger partial charge is 0.496 e. The quantitative estimate of drug-likeness (QED) is 0.281. The van der Waals surface area contributed by atoms with Gasteiger partial charge in [0.25, 0.3) is 5.52 Å². The molecule has 1 atom stereocenters. The Balaban J connectivity index is 2.25. The third-order valence-corrected chi connectivity index (χ3v) is 7.29. The molecule has 3 aromatic carbocycles. The second-order valence-corrected chi connectivity index (χ2v) is 9.18. The number of hydrogen-bond donors (Lipinski definition) is 0. The van der Waals surface area contributed by atoms with Gasteiger partial charge in [0.15, 0.2) is 13.6 Å². The Morgan fingerprint density at radius 2 is 1.19 bits per heavy atom. The second-order valence-electron chi connectivity index (χ2n) is 7.74. The number of carbonyl (C=O) groups excluding carboxylic acids is 2. The molecule has 0 saturated carbocycles. The smallest absolute Gasteiger partial charge is 0.254 e. The van der Waals surface area contributed by atoms with Gasteiger partial charge in [0, 0.05) is 34.4 Å². The average Bonchev–Trinajstić information content (AvgIpc) is 2.91. The standard InChI is InChI=1S/C27H28O8P/c1-15-21(23(28)17-11-9-8-10-12-17)16(2)25(35-7)22(24(15)34-6)27(29)36(30)26-19(32-4)13-18(31-3)14-20(26)33-5/h8-14H,1-7H3. The van der Waals surface area contributed by atoms with Gasteiger partial charge < -0.3 is 23.7 Å². The summed E-state index contributed by atoms with van der Waals surface area (Å²) < 4.78 is 40.9. The van der Waals surface area contributed by atoms with E-state index in [9.17, 15) is 14.2 Å². The Morgan fingerprint density at radius 1 is 0.694 bits per heavy atom. The number of ether oxygens (including phenoxy) is 5. The van der Waals surface area contributed by atoms with Crippen molar-refractivity contribution < 1.29 is 37.8 Å². The van der Waals surface area contributed by atoms with Gasteiger partial charge >= 0.3 is 0 Å². The van der Waals surface area contributed by atoms with Crippen LogP contribution in [0.2, 0.25) is 0 Å². The number of methoxy groups -OCH3 is 5. The molecule has 1 unspecified atom stereocenters. The maximum absolute atomic E-state index is 13.8. The van der Waals surface area contributed by atoms with Crippen LogP contribution in [0, 0.1) is 13.8 Å². The SMILES string of the molecule is COc1cc(OC)c([P](=O)C(=O)c2c(OC)c(C)c(C(=O)c3ccccc3)c(C)c2OC)c(OC)c1. The van der Waals surface area contributed by atoms with Crippen LogP contribution in [0.4, 0.5) is 0 Å². The minimum atomic E-state index is -2.76. The highest BCUT2D eigenvalue weighted by Gasteiger charge is 2.34. The van der Waals surface area contributed by atoms with Crippen LogP contribution < -0.4 is 29.0 Å². The summed E-state index contributed by atoms with van der Waals surface area (Å²) in [6, 6.07) is 11.8. The fraction of sp³-hybridized carbons (Fsp3) is 0.259. The van der Waals surface area contributed by atoms with E-state index in [0.29, 0.717) is 28.0 Å². The summed E-state index contributed by atoms with van der Waals surface area (Å²) in [5, 5.41) is 0.0738. The summed E-state index contributed by atoms with van der Waals surface area (Å²) in [5.41, 5.74) is 0.910. The first-order valence-corrected chi connectivity index (χ1v) is 12.2. The van der Waals surface area contributed by atoms with E-state index in [1.54, 1.807) is 38.1 Å². The molecule has 36 heavy (non-hydrogen) atoms. The fourth-order valence-corrected chi connectivity index (χ4v) is 5.48. The second kappa shape index (κ2) is 11.2. The predicted molar refractivity (Wildman–Crippen MR) is 137 cm³/mol. The molecule has 8 nitrogen and oxygen atoms in total. The third-order valence-electron chi connectivity index (χ3n) is 5.85. The molecule has 189 valence electrons. The van der Waals surface area contributed by atoms with Crippen molar-refractivity contribution in [3.8, 4) is 28.7 Å². The summed E-state index contributed by atoms with van der Waals surface area (Å²) in [7, 11) is 4.26. The highest BCUT2D eigenvalue weighted by atomic mass is 31.1. The van der Waals surface area contributed by atoms with Crippen molar-refractivity contribution in [2.24, 2.45) is 0 Å². The number of hydrogen-bond acceptors (Lipinski definition) is 8. The van der Waals surface area contributed by atoms with Crippen LogP contribution in [0.3, 0.4) is 0 Å². The normalized spacial score (nSPS) is 10.9.